The highest BCUT2D eigenvalue weighted by Gasteiger charge is 2.30. The first-order chi connectivity index (χ1) is 28.2. The van der Waals surface area contributed by atoms with E-state index in [4.69, 9.17) is 8.83 Å². The predicted octanol–water partition coefficient (Wildman–Crippen LogP) is 12.7. The molecule has 11 aromatic rings. The van der Waals surface area contributed by atoms with Gasteiger partial charge in [0, 0.05) is 48.7 Å². The third-order valence-corrected chi connectivity index (χ3v) is 11.7. The summed E-state index contributed by atoms with van der Waals surface area (Å²) in [6, 6.07) is 51.6. The van der Waals surface area contributed by atoms with E-state index in [2.05, 4.69) is 75.9 Å². The smallest absolute Gasteiger partial charge is 0.136 e. The van der Waals surface area contributed by atoms with Gasteiger partial charge in [0.05, 0.1) is 56.2 Å². The molecule has 0 atom stereocenters. The Morgan fingerprint density at radius 2 is 1.02 bits per heavy atom. The number of allylic oxidation sites excluding steroid dienone is 4. The molecule has 1 aliphatic rings. The van der Waals surface area contributed by atoms with Crippen LogP contribution in [0.1, 0.15) is 23.1 Å². The molecule has 0 amide bonds. The SMILES string of the molecule is N#CC1=CCC(c2cc(C#N)cc(C#N)c2-n2c3ccccc3c3c4c(ccc32)oc2ccccc24)=C1n1c2ccccc2c2c3c(ccc21)oc1ccccc13. The summed E-state index contributed by atoms with van der Waals surface area (Å²) in [6.45, 7) is 0. The molecule has 7 nitrogen and oxygen atoms in total. The van der Waals surface area contributed by atoms with Gasteiger partial charge in [-0.1, -0.05) is 78.9 Å². The fourth-order valence-electron chi connectivity index (χ4n) is 9.44. The van der Waals surface area contributed by atoms with Crippen LogP contribution >= 0.6 is 0 Å². The van der Waals surface area contributed by atoms with Crippen molar-refractivity contribution in [3.8, 4) is 23.9 Å². The van der Waals surface area contributed by atoms with Crippen molar-refractivity contribution in [2.75, 3.05) is 0 Å². The normalized spacial score (nSPS) is 13.2. The summed E-state index contributed by atoms with van der Waals surface area (Å²) in [5, 5.41) is 40.3. The third kappa shape index (κ3) is 4.05. The maximum absolute atomic E-state index is 10.9. The Labute approximate surface area is 323 Å². The van der Waals surface area contributed by atoms with Crippen LogP contribution in [0.25, 0.3) is 104 Å². The van der Waals surface area contributed by atoms with Crippen molar-refractivity contribution >= 4 is 98.8 Å². The lowest BCUT2D eigenvalue weighted by molar-refractivity contribution is 0.669. The molecule has 57 heavy (non-hydrogen) atoms. The van der Waals surface area contributed by atoms with Gasteiger partial charge in [-0.2, -0.15) is 15.8 Å². The van der Waals surface area contributed by atoms with Crippen LogP contribution in [0.4, 0.5) is 0 Å². The van der Waals surface area contributed by atoms with Gasteiger partial charge in [-0.25, -0.2) is 0 Å². The van der Waals surface area contributed by atoms with Crippen LogP contribution < -0.4 is 0 Å². The van der Waals surface area contributed by atoms with Gasteiger partial charge in [0.1, 0.15) is 34.5 Å². The Bertz CT molecular complexity index is 3820. The van der Waals surface area contributed by atoms with Crippen molar-refractivity contribution in [3.05, 3.63) is 162 Å². The molecule has 7 aromatic carbocycles. The molecule has 0 saturated heterocycles. The molecule has 4 aromatic heterocycles. The number of furan rings is 2. The molecule has 0 radical (unpaired) electrons. The number of rotatable bonds is 3. The highest BCUT2D eigenvalue weighted by molar-refractivity contribution is 6.29. The number of hydrogen-bond acceptors (Lipinski definition) is 5. The van der Waals surface area contributed by atoms with E-state index in [1.807, 2.05) is 84.9 Å². The summed E-state index contributed by atoms with van der Waals surface area (Å²) in [5.41, 5.74) is 11.0. The first-order valence-electron chi connectivity index (χ1n) is 18.7. The summed E-state index contributed by atoms with van der Waals surface area (Å²) in [6.07, 6.45) is 2.38. The fourth-order valence-corrected chi connectivity index (χ4v) is 9.44. The molecule has 0 saturated carbocycles. The van der Waals surface area contributed by atoms with Gasteiger partial charge in [0.2, 0.25) is 0 Å². The maximum Gasteiger partial charge on any atom is 0.136 e. The molecule has 0 aliphatic heterocycles. The molecule has 7 heteroatoms. The number of fused-ring (bicyclic) bond motifs is 14. The molecule has 0 spiro atoms. The fraction of sp³-hybridized carbons (Fsp3) is 0.0200. The van der Waals surface area contributed by atoms with Crippen molar-refractivity contribution in [2.45, 2.75) is 6.42 Å². The minimum atomic E-state index is 0.356. The molecule has 0 bridgehead atoms. The van der Waals surface area contributed by atoms with Gasteiger partial charge >= 0.3 is 0 Å². The minimum Gasteiger partial charge on any atom is -0.456 e. The summed E-state index contributed by atoms with van der Waals surface area (Å²) in [7, 11) is 0. The van der Waals surface area contributed by atoms with Crippen molar-refractivity contribution in [1.29, 1.82) is 15.8 Å². The van der Waals surface area contributed by atoms with E-state index in [0.29, 0.717) is 34.4 Å². The second-order valence-corrected chi connectivity index (χ2v) is 14.5. The van der Waals surface area contributed by atoms with E-state index >= 15 is 0 Å². The highest BCUT2D eigenvalue weighted by Crippen LogP contribution is 2.48. The van der Waals surface area contributed by atoms with E-state index in [-0.39, 0.29) is 0 Å². The van der Waals surface area contributed by atoms with E-state index in [9.17, 15) is 15.8 Å². The molecule has 0 unspecified atom stereocenters. The van der Waals surface area contributed by atoms with Crippen molar-refractivity contribution in [3.63, 3.8) is 0 Å². The van der Waals surface area contributed by atoms with Gasteiger partial charge < -0.3 is 18.0 Å². The van der Waals surface area contributed by atoms with Crippen molar-refractivity contribution in [1.82, 2.24) is 9.13 Å². The molecular formula is C50H25N5O2. The summed E-state index contributed by atoms with van der Waals surface area (Å²) >= 11 is 0. The largest absolute Gasteiger partial charge is 0.456 e. The third-order valence-electron chi connectivity index (χ3n) is 11.7. The molecule has 1 aliphatic carbocycles. The lowest BCUT2D eigenvalue weighted by Crippen LogP contribution is -2.06. The first-order valence-corrected chi connectivity index (χ1v) is 18.7. The number of benzene rings is 7. The topological polar surface area (TPSA) is 108 Å². The minimum absolute atomic E-state index is 0.356. The van der Waals surface area contributed by atoms with Crippen LogP contribution in [0.5, 0.6) is 0 Å². The van der Waals surface area contributed by atoms with E-state index in [0.717, 1.165) is 98.8 Å². The number of para-hydroxylation sites is 4. The van der Waals surface area contributed by atoms with Gasteiger partial charge in [-0.05, 0) is 72.7 Å². The van der Waals surface area contributed by atoms with Gasteiger partial charge in [0.25, 0.3) is 0 Å². The first kappa shape index (κ1) is 31.1. The molecule has 12 rings (SSSR count). The van der Waals surface area contributed by atoms with Crippen LogP contribution in [0, 0.1) is 34.0 Å². The van der Waals surface area contributed by atoms with E-state index in [1.165, 1.54) is 0 Å². The quantitative estimate of drug-likeness (QED) is 0.180. The van der Waals surface area contributed by atoms with Crippen LogP contribution in [-0.4, -0.2) is 9.13 Å². The second kappa shape index (κ2) is 11.4. The number of hydrogen-bond donors (Lipinski definition) is 0. The van der Waals surface area contributed by atoms with E-state index in [1.54, 1.807) is 6.07 Å². The molecule has 0 fully saturated rings. The van der Waals surface area contributed by atoms with Crippen LogP contribution in [0.3, 0.4) is 0 Å². The summed E-state index contributed by atoms with van der Waals surface area (Å²) in [4.78, 5) is 0. The lowest BCUT2D eigenvalue weighted by Gasteiger charge is -2.20. The van der Waals surface area contributed by atoms with Crippen molar-refractivity contribution < 1.29 is 8.83 Å². The molecular weight excluding hydrogens is 703 g/mol. The number of nitriles is 3. The Balaban J connectivity index is 1.24. The zero-order valence-corrected chi connectivity index (χ0v) is 30.0. The predicted molar refractivity (Wildman–Crippen MR) is 226 cm³/mol. The Morgan fingerprint density at radius 3 is 1.60 bits per heavy atom. The Hall–Kier alpha value is -8.31. The Morgan fingerprint density at radius 1 is 0.474 bits per heavy atom. The number of aromatic nitrogens is 2. The number of nitrogens with zero attached hydrogens (tertiary/aromatic N) is 5. The second-order valence-electron chi connectivity index (χ2n) is 14.5. The molecule has 4 heterocycles. The van der Waals surface area contributed by atoms with Crippen LogP contribution in [-0.2, 0) is 0 Å². The van der Waals surface area contributed by atoms with Crippen LogP contribution in [0.2, 0.25) is 0 Å². The average Bonchev–Trinajstić information content (AvgIpc) is 4.08. The van der Waals surface area contributed by atoms with Crippen molar-refractivity contribution in [2.24, 2.45) is 0 Å². The van der Waals surface area contributed by atoms with Gasteiger partial charge in [-0.3, -0.25) is 0 Å². The molecule has 262 valence electrons. The zero-order chi connectivity index (χ0) is 37.9. The standard InChI is InChI=1S/C50H25N5O2/c51-25-28-23-30(27-53)50(55-38-14-6-2-10-33(38)46-40(55)20-22-44-48(46)35-12-4-8-16-42(35)57-44)36(24-28)31-18-17-29(26-52)49(31)54-37-13-5-1-9-32(37)45-39(54)19-21-43-47(45)34-11-3-7-15-41(34)56-43/h1-17,19-24H,18H2. The average molecular weight is 728 g/mol. The summed E-state index contributed by atoms with van der Waals surface area (Å²) < 4.78 is 17.0. The van der Waals surface area contributed by atoms with Crippen LogP contribution in [0.15, 0.2) is 154 Å². The van der Waals surface area contributed by atoms with Gasteiger partial charge in [-0.15, -0.1) is 0 Å². The monoisotopic (exact) mass is 727 g/mol. The summed E-state index contributed by atoms with van der Waals surface area (Å²) in [5.74, 6) is 0. The van der Waals surface area contributed by atoms with Gasteiger partial charge in [0.15, 0.2) is 0 Å². The Kier molecular flexibility index (Phi) is 6.19. The molecule has 0 N–H and O–H groups in total. The lowest BCUT2D eigenvalue weighted by atomic mass is 9.95. The van der Waals surface area contributed by atoms with E-state index < -0.39 is 0 Å². The highest BCUT2D eigenvalue weighted by atomic mass is 16.3. The maximum atomic E-state index is 10.9. The zero-order valence-electron chi connectivity index (χ0n) is 30.0.